The maximum Gasteiger partial charge on any atom is 0.207 e. The van der Waals surface area contributed by atoms with Gasteiger partial charge in [0.25, 0.3) is 0 Å². The van der Waals surface area contributed by atoms with Gasteiger partial charge in [0, 0.05) is 5.41 Å². The summed E-state index contributed by atoms with van der Waals surface area (Å²) in [6.07, 6.45) is 4.56. The fraction of sp³-hybridized carbons (Fsp3) is 0.120. The zero-order valence-corrected chi connectivity index (χ0v) is 16.6. The van der Waals surface area contributed by atoms with Crippen LogP contribution in [0.4, 0.5) is 0 Å². The molecule has 0 aliphatic carbocycles. The number of hydrogen-bond acceptors (Lipinski definition) is 2. The van der Waals surface area contributed by atoms with Crippen LogP contribution in [0.3, 0.4) is 0 Å². The van der Waals surface area contributed by atoms with Crippen LogP contribution in [0.2, 0.25) is 0 Å². The van der Waals surface area contributed by atoms with Crippen molar-refractivity contribution < 1.29 is 8.42 Å². The van der Waals surface area contributed by atoms with E-state index in [1.807, 2.05) is 91.0 Å². The third-order valence-electron chi connectivity index (χ3n) is 5.05. The molecule has 0 saturated carbocycles. The Labute approximate surface area is 166 Å². The summed E-state index contributed by atoms with van der Waals surface area (Å²) >= 11 is 0. The molecule has 4 rings (SSSR count). The van der Waals surface area contributed by atoms with Gasteiger partial charge >= 0.3 is 0 Å². The minimum atomic E-state index is -3.61. The molecular formula is C25H22O2S. The van der Waals surface area contributed by atoms with Crippen molar-refractivity contribution in [2.24, 2.45) is 5.41 Å². The predicted molar refractivity (Wildman–Crippen MR) is 116 cm³/mol. The topological polar surface area (TPSA) is 34.1 Å². The van der Waals surface area contributed by atoms with E-state index in [4.69, 9.17) is 0 Å². The molecule has 0 aromatic heterocycles. The molecule has 1 heterocycles. The van der Waals surface area contributed by atoms with Gasteiger partial charge in [0.1, 0.15) is 0 Å². The van der Waals surface area contributed by atoms with Gasteiger partial charge < -0.3 is 0 Å². The van der Waals surface area contributed by atoms with Gasteiger partial charge in [-0.2, -0.15) is 0 Å². The Hall–Kier alpha value is -2.91. The first kappa shape index (κ1) is 18.5. The van der Waals surface area contributed by atoms with Crippen molar-refractivity contribution in [2.45, 2.75) is 13.3 Å². The fourth-order valence-electron chi connectivity index (χ4n) is 3.73. The average molecular weight is 387 g/mol. The van der Waals surface area contributed by atoms with E-state index in [1.54, 1.807) is 0 Å². The van der Waals surface area contributed by atoms with Gasteiger partial charge in [-0.1, -0.05) is 110 Å². The van der Waals surface area contributed by atoms with Crippen molar-refractivity contribution in [1.29, 1.82) is 0 Å². The highest BCUT2D eigenvalue weighted by Crippen LogP contribution is 2.44. The lowest BCUT2D eigenvalue weighted by Gasteiger charge is -2.30. The molecule has 2 nitrogen and oxygen atoms in total. The maximum absolute atomic E-state index is 13.5. The van der Waals surface area contributed by atoms with E-state index in [1.165, 1.54) is 5.56 Å². The van der Waals surface area contributed by atoms with Crippen LogP contribution in [0.1, 0.15) is 23.6 Å². The van der Waals surface area contributed by atoms with Crippen LogP contribution < -0.4 is 0 Å². The van der Waals surface area contributed by atoms with Crippen LogP contribution in [0.25, 0.3) is 9.81 Å². The number of rotatable bonds is 4. The van der Waals surface area contributed by atoms with E-state index in [0.717, 1.165) is 17.5 Å². The third kappa shape index (κ3) is 3.58. The van der Waals surface area contributed by atoms with Gasteiger partial charge in [-0.05, 0) is 23.1 Å². The first-order valence-electron chi connectivity index (χ1n) is 9.34. The Kier molecular flexibility index (Phi) is 4.78. The Morgan fingerprint density at radius 1 is 0.643 bits per heavy atom. The van der Waals surface area contributed by atoms with Gasteiger partial charge in [-0.25, -0.2) is 8.42 Å². The van der Waals surface area contributed by atoms with Gasteiger partial charge in [0.2, 0.25) is 9.84 Å². The van der Waals surface area contributed by atoms with Crippen LogP contribution in [0, 0.1) is 5.41 Å². The molecule has 0 atom stereocenters. The fourth-order valence-corrected chi connectivity index (χ4v) is 5.71. The highest BCUT2D eigenvalue weighted by molar-refractivity contribution is 8.09. The highest BCUT2D eigenvalue weighted by Gasteiger charge is 2.36. The largest absolute Gasteiger partial charge is 0.218 e. The third-order valence-corrected chi connectivity index (χ3v) is 6.91. The van der Waals surface area contributed by atoms with Crippen LogP contribution in [0.15, 0.2) is 103 Å². The van der Waals surface area contributed by atoms with Gasteiger partial charge in [0.05, 0.1) is 9.81 Å². The summed E-state index contributed by atoms with van der Waals surface area (Å²) in [6.45, 7) is 2.10. The van der Waals surface area contributed by atoms with E-state index < -0.39 is 15.3 Å². The Morgan fingerprint density at radius 3 is 1.46 bits per heavy atom. The second-order valence-electron chi connectivity index (χ2n) is 7.42. The first-order valence-corrected chi connectivity index (χ1v) is 10.8. The van der Waals surface area contributed by atoms with Crippen LogP contribution in [-0.2, 0) is 16.3 Å². The monoisotopic (exact) mass is 386 g/mol. The molecule has 0 radical (unpaired) electrons. The lowest BCUT2D eigenvalue weighted by molar-refractivity contribution is 0.548. The molecule has 0 unspecified atom stereocenters. The molecule has 140 valence electrons. The van der Waals surface area contributed by atoms with E-state index in [0.29, 0.717) is 9.81 Å². The highest BCUT2D eigenvalue weighted by atomic mass is 32.2. The Morgan fingerprint density at radius 2 is 1.04 bits per heavy atom. The van der Waals surface area contributed by atoms with Gasteiger partial charge in [-0.3, -0.25) is 0 Å². The second-order valence-corrected chi connectivity index (χ2v) is 9.31. The number of allylic oxidation sites excluding steroid dienone is 2. The minimum absolute atomic E-state index is 0.382. The number of hydrogen-bond donors (Lipinski definition) is 0. The molecule has 1 aliphatic rings. The molecule has 1 aliphatic heterocycles. The molecular weight excluding hydrogens is 364 g/mol. The van der Waals surface area contributed by atoms with Crippen LogP contribution in [0.5, 0.6) is 0 Å². The van der Waals surface area contributed by atoms with Gasteiger partial charge in [-0.15, -0.1) is 0 Å². The van der Waals surface area contributed by atoms with Crippen molar-refractivity contribution in [3.8, 4) is 0 Å². The summed E-state index contributed by atoms with van der Waals surface area (Å²) in [5.74, 6) is 0. The summed E-state index contributed by atoms with van der Waals surface area (Å²) in [6, 6.07) is 28.9. The van der Waals surface area contributed by atoms with E-state index in [2.05, 4.69) is 19.1 Å². The molecule has 3 aromatic rings. The van der Waals surface area contributed by atoms with Crippen molar-refractivity contribution in [3.63, 3.8) is 0 Å². The van der Waals surface area contributed by atoms with E-state index in [-0.39, 0.29) is 0 Å². The first-order chi connectivity index (χ1) is 13.5. The summed E-state index contributed by atoms with van der Waals surface area (Å²) in [5, 5.41) is 0. The smallest absolute Gasteiger partial charge is 0.207 e. The lowest BCUT2D eigenvalue weighted by atomic mass is 9.81. The molecule has 0 amide bonds. The molecule has 0 spiro atoms. The maximum atomic E-state index is 13.5. The van der Waals surface area contributed by atoms with Crippen molar-refractivity contribution in [3.05, 3.63) is 120 Å². The molecule has 3 aromatic carbocycles. The SMILES string of the molecule is CC1(Cc2ccccc2)C=C(c2ccccc2)S(=O)(=O)C(c2ccccc2)=C1. The Bertz CT molecular complexity index is 1060. The van der Waals surface area contributed by atoms with E-state index in [9.17, 15) is 8.42 Å². The molecule has 0 N–H and O–H groups in total. The van der Waals surface area contributed by atoms with Gasteiger partial charge in [0.15, 0.2) is 0 Å². The zero-order valence-electron chi connectivity index (χ0n) is 15.7. The summed E-state index contributed by atoms with van der Waals surface area (Å²) in [5.41, 5.74) is 2.21. The number of sulfone groups is 1. The normalized spacial score (nSPS) is 17.5. The lowest BCUT2D eigenvalue weighted by Crippen LogP contribution is -2.23. The van der Waals surface area contributed by atoms with Crippen LogP contribution in [-0.4, -0.2) is 8.42 Å². The average Bonchev–Trinajstić information content (AvgIpc) is 2.72. The minimum Gasteiger partial charge on any atom is -0.218 e. The summed E-state index contributed by atoms with van der Waals surface area (Å²) in [7, 11) is -3.61. The number of benzene rings is 3. The van der Waals surface area contributed by atoms with Crippen molar-refractivity contribution in [1.82, 2.24) is 0 Å². The van der Waals surface area contributed by atoms with E-state index >= 15 is 0 Å². The molecule has 3 heteroatoms. The standard InChI is InChI=1S/C25H22O2S/c1-25(17-20-11-5-2-6-12-20)18-23(21-13-7-3-8-14-21)28(26,27)24(19-25)22-15-9-4-10-16-22/h2-16,18-19H,17H2,1H3. The summed E-state index contributed by atoms with van der Waals surface area (Å²) in [4.78, 5) is 0.765. The molecule has 0 bridgehead atoms. The van der Waals surface area contributed by atoms with Crippen LogP contribution >= 0.6 is 0 Å². The summed E-state index contributed by atoms with van der Waals surface area (Å²) < 4.78 is 27.0. The Balaban J connectivity index is 1.90. The molecule has 0 saturated heterocycles. The zero-order chi connectivity index (χ0) is 19.6. The molecule has 28 heavy (non-hydrogen) atoms. The molecule has 0 fully saturated rings. The van der Waals surface area contributed by atoms with Crippen molar-refractivity contribution >= 4 is 19.6 Å². The quantitative estimate of drug-likeness (QED) is 0.572. The second kappa shape index (κ2) is 7.25. The van der Waals surface area contributed by atoms with Crippen molar-refractivity contribution in [2.75, 3.05) is 0 Å². The predicted octanol–water partition coefficient (Wildman–Crippen LogP) is 5.75.